The highest BCUT2D eigenvalue weighted by Gasteiger charge is 2.21. The molecule has 2 aromatic carbocycles. The molecule has 1 saturated heterocycles. The maximum atomic E-state index is 12.0. The van der Waals surface area contributed by atoms with E-state index in [-0.39, 0.29) is 11.9 Å². The zero-order valence-corrected chi connectivity index (χ0v) is 12.2. The zero-order chi connectivity index (χ0) is 14.7. The second-order valence-corrected chi connectivity index (χ2v) is 5.41. The van der Waals surface area contributed by atoms with Crippen molar-refractivity contribution in [3.05, 3.63) is 42.0 Å². The molecule has 0 radical (unpaired) electrons. The van der Waals surface area contributed by atoms with Crippen molar-refractivity contribution in [2.75, 3.05) is 13.7 Å². The van der Waals surface area contributed by atoms with Gasteiger partial charge in [-0.25, -0.2) is 0 Å². The summed E-state index contributed by atoms with van der Waals surface area (Å²) in [6.07, 6.45) is 2.01. The molecule has 1 amide bonds. The van der Waals surface area contributed by atoms with Crippen LogP contribution in [0.1, 0.15) is 18.4 Å². The van der Waals surface area contributed by atoms with Crippen molar-refractivity contribution in [3.8, 4) is 5.75 Å². The van der Waals surface area contributed by atoms with Gasteiger partial charge in [-0.15, -0.1) is 0 Å². The van der Waals surface area contributed by atoms with E-state index in [4.69, 9.17) is 4.74 Å². The van der Waals surface area contributed by atoms with Crippen molar-refractivity contribution in [2.45, 2.75) is 25.4 Å². The molecule has 110 valence electrons. The fraction of sp³-hybridized carbons (Fsp3) is 0.353. The van der Waals surface area contributed by atoms with Gasteiger partial charge in [0.2, 0.25) is 5.91 Å². The van der Waals surface area contributed by atoms with Gasteiger partial charge in [0.1, 0.15) is 5.75 Å². The van der Waals surface area contributed by atoms with E-state index >= 15 is 0 Å². The number of ether oxygens (including phenoxy) is 1. The molecule has 2 N–H and O–H groups in total. The maximum Gasteiger partial charge on any atom is 0.237 e. The number of carbonyl (C=O) groups is 1. The van der Waals surface area contributed by atoms with Crippen LogP contribution in [0.5, 0.6) is 5.75 Å². The number of hydrogen-bond donors (Lipinski definition) is 2. The van der Waals surface area contributed by atoms with Crippen LogP contribution in [-0.2, 0) is 11.3 Å². The zero-order valence-electron chi connectivity index (χ0n) is 12.2. The molecule has 0 unspecified atom stereocenters. The van der Waals surface area contributed by atoms with E-state index in [1.54, 1.807) is 7.11 Å². The highest BCUT2D eigenvalue weighted by Crippen LogP contribution is 2.21. The summed E-state index contributed by atoms with van der Waals surface area (Å²) in [6, 6.07) is 12.2. The highest BCUT2D eigenvalue weighted by atomic mass is 16.5. The van der Waals surface area contributed by atoms with Crippen LogP contribution in [-0.4, -0.2) is 25.6 Å². The molecule has 1 aliphatic heterocycles. The molecule has 3 rings (SSSR count). The molecule has 1 heterocycles. The molecule has 0 spiro atoms. The summed E-state index contributed by atoms with van der Waals surface area (Å²) in [6.45, 7) is 1.51. The lowest BCUT2D eigenvalue weighted by atomic mass is 10.1. The van der Waals surface area contributed by atoms with Crippen molar-refractivity contribution < 1.29 is 9.53 Å². The Hall–Kier alpha value is -2.07. The summed E-state index contributed by atoms with van der Waals surface area (Å²) in [7, 11) is 1.67. The third kappa shape index (κ3) is 3.16. The minimum absolute atomic E-state index is 0.0188. The van der Waals surface area contributed by atoms with Crippen LogP contribution in [0.4, 0.5) is 0 Å². The first-order chi connectivity index (χ1) is 10.3. The van der Waals surface area contributed by atoms with Crippen LogP contribution in [0.2, 0.25) is 0 Å². The average molecular weight is 284 g/mol. The number of rotatable bonds is 4. The van der Waals surface area contributed by atoms with Crippen LogP contribution in [0.3, 0.4) is 0 Å². The predicted octanol–water partition coefficient (Wildman–Crippen LogP) is 2.22. The Morgan fingerprint density at radius 3 is 2.86 bits per heavy atom. The second-order valence-electron chi connectivity index (χ2n) is 5.41. The fourth-order valence-corrected chi connectivity index (χ4v) is 2.73. The summed E-state index contributed by atoms with van der Waals surface area (Å²) in [5, 5.41) is 8.51. The Morgan fingerprint density at radius 1 is 1.29 bits per heavy atom. The molecule has 4 heteroatoms. The van der Waals surface area contributed by atoms with Crippen LogP contribution in [0.25, 0.3) is 10.8 Å². The molecule has 0 saturated carbocycles. The number of carbonyl (C=O) groups excluding carboxylic acids is 1. The van der Waals surface area contributed by atoms with E-state index in [0.717, 1.165) is 41.5 Å². The van der Waals surface area contributed by atoms with Crippen molar-refractivity contribution >= 4 is 16.7 Å². The molecule has 0 aromatic heterocycles. The summed E-state index contributed by atoms with van der Waals surface area (Å²) >= 11 is 0. The molecule has 0 bridgehead atoms. The Morgan fingerprint density at radius 2 is 2.10 bits per heavy atom. The Balaban J connectivity index is 1.68. The van der Waals surface area contributed by atoms with Gasteiger partial charge in [-0.05, 0) is 53.9 Å². The fourth-order valence-electron chi connectivity index (χ4n) is 2.73. The summed E-state index contributed by atoms with van der Waals surface area (Å²) < 4.78 is 5.22. The lowest BCUT2D eigenvalue weighted by molar-refractivity contribution is -0.122. The lowest BCUT2D eigenvalue weighted by Crippen LogP contribution is -2.39. The average Bonchev–Trinajstić information content (AvgIpc) is 3.06. The van der Waals surface area contributed by atoms with E-state index in [2.05, 4.69) is 22.8 Å². The number of methoxy groups -OCH3 is 1. The van der Waals surface area contributed by atoms with Crippen LogP contribution >= 0.6 is 0 Å². The first-order valence-electron chi connectivity index (χ1n) is 7.34. The van der Waals surface area contributed by atoms with Gasteiger partial charge < -0.3 is 15.4 Å². The molecule has 2 aromatic rings. The normalized spacial score (nSPS) is 17.9. The highest BCUT2D eigenvalue weighted by molar-refractivity contribution is 5.85. The Labute approximate surface area is 124 Å². The van der Waals surface area contributed by atoms with E-state index in [0.29, 0.717) is 6.54 Å². The smallest absolute Gasteiger partial charge is 0.237 e. The van der Waals surface area contributed by atoms with Crippen LogP contribution < -0.4 is 15.4 Å². The standard InChI is InChI=1S/C17H20N2O2/c1-21-15-7-6-13-9-12(4-5-14(13)10-15)11-19-17(20)16-3-2-8-18-16/h4-7,9-10,16,18H,2-3,8,11H2,1H3,(H,19,20)/t16-/m0/s1. The van der Waals surface area contributed by atoms with Gasteiger partial charge in [0.25, 0.3) is 0 Å². The summed E-state index contributed by atoms with van der Waals surface area (Å²) in [5.41, 5.74) is 1.11. The molecular formula is C17H20N2O2. The van der Waals surface area contributed by atoms with Gasteiger partial charge >= 0.3 is 0 Å². The van der Waals surface area contributed by atoms with Gasteiger partial charge in [0.15, 0.2) is 0 Å². The number of benzene rings is 2. The second kappa shape index (κ2) is 6.14. The molecule has 1 atom stereocenters. The van der Waals surface area contributed by atoms with Crippen LogP contribution in [0.15, 0.2) is 36.4 Å². The monoisotopic (exact) mass is 284 g/mol. The minimum Gasteiger partial charge on any atom is -0.497 e. The maximum absolute atomic E-state index is 12.0. The van der Waals surface area contributed by atoms with E-state index < -0.39 is 0 Å². The molecule has 0 aliphatic carbocycles. The molecule has 1 aliphatic rings. The third-order valence-corrected chi connectivity index (χ3v) is 3.96. The summed E-state index contributed by atoms with van der Waals surface area (Å²) in [4.78, 5) is 12.0. The van der Waals surface area contributed by atoms with Crippen molar-refractivity contribution in [3.63, 3.8) is 0 Å². The summed E-state index contributed by atoms with van der Waals surface area (Å²) in [5.74, 6) is 0.957. The Kier molecular flexibility index (Phi) is 4.06. The number of amides is 1. The van der Waals surface area contributed by atoms with Crippen LogP contribution in [0, 0.1) is 0 Å². The topological polar surface area (TPSA) is 50.4 Å². The SMILES string of the molecule is COc1ccc2cc(CNC(=O)[C@@H]3CCCN3)ccc2c1. The third-order valence-electron chi connectivity index (χ3n) is 3.96. The number of nitrogens with one attached hydrogen (secondary N) is 2. The molecule has 1 fully saturated rings. The largest absolute Gasteiger partial charge is 0.497 e. The van der Waals surface area contributed by atoms with Crippen molar-refractivity contribution in [1.82, 2.24) is 10.6 Å². The minimum atomic E-state index is -0.0188. The van der Waals surface area contributed by atoms with Crippen molar-refractivity contribution in [1.29, 1.82) is 0 Å². The number of fused-ring (bicyclic) bond motifs is 1. The molecular weight excluding hydrogens is 264 g/mol. The first-order valence-corrected chi connectivity index (χ1v) is 7.34. The quantitative estimate of drug-likeness (QED) is 0.905. The van der Waals surface area contributed by atoms with E-state index in [1.165, 1.54) is 0 Å². The van der Waals surface area contributed by atoms with Gasteiger partial charge in [-0.1, -0.05) is 18.2 Å². The molecule has 4 nitrogen and oxygen atoms in total. The molecule has 21 heavy (non-hydrogen) atoms. The lowest BCUT2D eigenvalue weighted by Gasteiger charge is -2.11. The van der Waals surface area contributed by atoms with Gasteiger partial charge in [0.05, 0.1) is 13.2 Å². The van der Waals surface area contributed by atoms with Crippen molar-refractivity contribution in [2.24, 2.45) is 0 Å². The first kappa shape index (κ1) is 13.9. The Bertz CT molecular complexity index is 648. The van der Waals surface area contributed by atoms with E-state index in [1.807, 2.05) is 24.3 Å². The van der Waals surface area contributed by atoms with Gasteiger partial charge in [0, 0.05) is 6.54 Å². The number of hydrogen-bond acceptors (Lipinski definition) is 3. The van der Waals surface area contributed by atoms with E-state index in [9.17, 15) is 4.79 Å². The van der Waals surface area contributed by atoms with Gasteiger partial charge in [-0.3, -0.25) is 4.79 Å². The van der Waals surface area contributed by atoms with Gasteiger partial charge in [-0.2, -0.15) is 0 Å². The predicted molar refractivity (Wildman–Crippen MR) is 83.4 cm³/mol.